The fourth-order valence-electron chi connectivity index (χ4n) is 1.70. The van der Waals surface area contributed by atoms with Gasteiger partial charge in [0.2, 0.25) is 0 Å². The van der Waals surface area contributed by atoms with Gasteiger partial charge in [0.15, 0.2) is 0 Å². The molecule has 0 amide bonds. The lowest BCUT2D eigenvalue weighted by Crippen LogP contribution is -2.37. The number of nitrogens with one attached hydrogen (secondary N) is 1. The van der Waals surface area contributed by atoms with E-state index >= 15 is 0 Å². The van der Waals surface area contributed by atoms with Crippen LogP contribution in [0.3, 0.4) is 0 Å². The highest BCUT2D eigenvalue weighted by molar-refractivity contribution is 5.29. The Labute approximate surface area is 96.5 Å². The SMILES string of the molecule is CCNCC(O)(CC)c1ccc(F)c(C)c1. The molecular formula is C13H20FNO. The van der Waals surface area contributed by atoms with E-state index in [4.69, 9.17) is 0 Å². The summed E-state index contributed by atoms with van der Waals surface area (Å²) in [5.41, 5.74) is 0.435. The van der Waals surface area contributed by atoms with Crippen LogP contribution in [-0.2, 0) is 5.60 Å². The van der Waals surface area contributed by atoms with Gasteiger partial charge < -0.3 is 10.4 Å². The largest absolute Gasteiger partial charge is 0.384 e. The number of aryl methyl sites for hydroxylation is 1. The fourth-order valence-corrected chi connectivity index (χ4v) is 1.70. The minimum atomic E-state index is -0.908. The summed E-state index contributed by atoms with van der Waals surface area (Å²) in [7, 11) is 0. The Morgan fingerprint density at radius 3 is 2.56 bits per heavy atom. The maximum atomic E-state index is 13.1. The van der Waals surface area contributed by atoms with E-state index in [-0.39, 0.29) is 5.82 Å². The van der Waals surface area contributed by atoms with Crippen LogP contribution >= 0.6 is 0 Å². The van der Waals surface area contributed by atoms with E-state index in [0.29, 0.717) is 18.5 Å². The predicted molar refractivity (Wildman–Crippen MR) is 63.9 cm³/mol. The van der Waals surface area contributed by atoms with Crippen LogP contribution in [0.25, 0.3) is 0 Å². The number of aliphatic hydroxyl groups is 1. The third kappa shape index (κ3) is 2.80. The zero-order chi connectivity index (χ0) is 12.2. The predicted octanol–water partition coefficient (Wildman–Crippen LogP) is 2.34. The maximum absolute atomic E-state index is 13.1. The molecule has 90 valence electrons. The quantitative estimate of drug-likeness (QED) is 0.806. The van der Waals surface area contributed by atoms with Gasteiger partial charge >= 0.3 is 0 Å². The van der Waals surface area contributed by atoms with Gasteiger partial charge in [-0.25, -0.2) is 4.39 Å². The lowest BCUT2D eigenvalue weighted by molar-refractivity contribution is 0.0331. The smallest absolute Gasteiger partial charge is 0.126 e. The van der Waals surface area contributed by atoms with Gasteiger partial charge in [-0.05, 0) is 37.1 Å². The van der Waals surface area contributed by atoms with Crippen LogP contribution in [0.5, 0.6) is 0 Å². The van der Waals surface area contributed by atoms with E-state index in [0.717, 1.165) is 12.1 Å². The van der Waals surface area contributed by atoms with Crippen LogP contribution in [0.2, 0.25) is 0 Å². The monoisotopic (exact) mass is 225 g/mol. The van der Waals surface area contributed by atoms with Crippen molar-refractivity contribution < 1.29 is 9.50 Å². The zero-order valence-corrected chi connectivity index (χ0v) is 10.2. The third-order valence-electron chi connectivity index (χ3n) is 2.95. The van der Waals surface area contributed by atoms with Gasteiger partial charge in [-0.15, -0.1) is 0 Å². The van der Waals surface area contributed by atoms with Gasteiger partial charge in [0.25, 0.3) is 0 Å². The summed E-state index contributed by atoms with van der Waals surface area (Å²) in [6, 6.07) is 4.79. The fraction of sp³-hybridized carbons (Fsp3) is 0.538. The van der Waals surface area contributed by atoms with Crippen molar-refractivity contribution in [3.8, 4) is 0 Å². The number of likely N-dealkylation sites (N-methyl/N-ethyl adjacent to an activating group) is 1. The van der Waals surface area contributed by atoms with E-state index < -0.39 is 5.60 Å². The zero-order valence-electron chi connectivity index (χ0n) is 10.2. The molecule has 2 nitrogen and oxygen atoms in total. The maximum Gasteiger partial charge on any atom is 0.126 e. The molecule has 1 aromatic rings. The molecule has 0 saturated heterocycles. The Kier molecular flexibility index (Phi) is 4.44. The highest BCUT2D eigenvalue weighted by Crippen LogP contribution is 2.25. The lowest BCUT2D eigenvalue weighted by atomic mass is 9.90. The van der Waals surface area contributed by atoms with Crippen LogP contribution < -0.4 is 5.32 Å². The lowest BCUT2D eigenvalue weighted by Gasteiger charge is -2.28. The minimum Gasteiger partial charge on any atom is -0.384 e. The molecule has 1 aromatic carbocycles. The number of rotatable bonds is 5. The molecule has 0 aliphatic carbocycles. The molecule has 16 heavy (non-hydrogen) atoms. The van der Waals surface area contributed by atoms with Crippen molar-refractivity contribution in [3.05, 3.63) is 35.1 Å². The van der Waals surface area contributed by atoms with E-state index in [1.165, 1.54) is 6.07 Å². The van der Waals surface area contributed by atoms with Crippen molar-refractivity contribution >= 4 is 0 Å². The molecule has 0 aromatic heterocycles. The minimum absolute atomic E-state index is 0.231. The Morgan fingerprint density at radius 1 is 1.38 bits per heavy atom. The average Bonchev–Trinajstić information content (AvgIpc) is 2.29. The molecule has 0 heterocycles. The van der Waals surface area contributed by atoms with E-state index in [1.807, 2.05) is 13.8 Å². The van der Waals surface area contributed by atoms with E-state index in [2.05, 4.69) is 5.32 Å². The normalized spacial score (nSPS) is 14.8. The Hall–Kier alpha value is -0.930. The van der Waals surface area contributed by atoms with Crippen molar-refractivity contribution in [2.45, 2.75) is 32.8 Å². The highest BCUT2D eigenvalue weighted by atomic mass is 19.1. The molecule has 0 aliphatic rings. The van der Waals surface area contributed by atoms with Crippen LogP contribution in [0.4, 0.5) is 4.39 Å². The summed E-state index contributed by atoms with van der Waals surface area (Å²) in [6.45, 7) is 6.93. The Bertz CT molecular complexity index is 354. The van der Waals surface area contributed by atoms with Crippen LogP contribution in [0, 0.1) is 12.7 Å². The molecule has 1 rings (SSSR count). The van der Waals surface area contributed by atoms with Crippen LogP contribution in [0.1, 0.15) is 31.4 Å². The summed E-state index contributed by atoms with van der Waals surface area (Å²) in [6.07, 6.45) is 0.602. The molecule has 1 unspecified atom stereocenters. The summed E-state index contributed by atoms with van der Waals surface area (Å²) < 4.78 is 13.1. The van der Waals surface area contributed by atoms with Crippen molar-refractivity contribution in [2.24, 2.45) is 0 Å². The second-order valence-electron chi connectivity index (χ2n) is 4.13. The first-order chi connectivity index (χ1) is 7.53. The highest BCUT2D eigenvalue weighted by Gasteiger charge is 2.26. The third-order valence-corrected chi connectivity index (χ3v) is 2.95. The van der Waals surface area contributed by atoms with Gasteiger partial charge in [-0.3, -0.25) is 0 Å². The Balaban J connectivity index is 2.97. The second-order valence-corrected chi connectivity index (χ2v) is 4.13. The number of benzene rings is 1. The van der Waals surface area contributed by atoms with Gasteiger partial charge in [-0.2, -0.15) is 0 Å². The van der Waals surface area contributed by atoms with Crippen molar-refractivity contribution in [3.63, 3.8) is 0 Å². The van der Waals surface area contributed by atoms with Crippen molar-refractivity contribution in [1.82, 2.24) is 5.32 Å². The van der Waals surface area contributed by atoms with Gasteiger partial charge in [0, 0.05) is 6.54 Å². The summed E-state index contributed by atoms with van der Waals surface area (Å²) in [5, 5.41) is 13.6. The molecule has 0 radical (unpaired) electrons. The van der Waals surface area contributed by atoms with Gasteiger partial charge in [0.1, 0.15) is 11.4 Å². The Morgan fingerprint density at radius 2 is 2.06 bits per heavy atom. The molecule has 0 spiro atoms. The van der Waals surface area contributed by atoms with E-state index in [9.17, 15) is 9.50 Å². The van der Waals surface area contributed by atoms with Crippen LogP contribution in [0.15, 0.2) is 18.2 Å². The van der Waals surface area contributed by atoms with E-state index in [1.54, 1.807) is 19.1 Å². The second kappa shape index (κ2) is 5.41. The first kappa shape index (κ1) is 13.1. The standard InChI is InChI=1S/C13H20FNO/c1-4-13(16,9-15-5-2)11-6-7-12(14)10(3)8-11/h6-8,15-16H,4-5,9H2,1-3H3. The molecule has 0 aliphatic heterocycles. The van der Waals surface area contributed by atoms with Gasteiger partial charge in [-0.1, -0.05) is 26.0 Å². The van der Waals surface area contributed by atoms with Crippen molar-refractivity contribution in [2.75, 3.05) is 13.1 Å². The number of hydrogen-bond donors (Lipinski definition) is 2. The first-order valence-electron chi connectivity index (χ1n) is 5.73. The molecule has 2 N–H and O–H groups in total. The molecule has 0 saturated carbocycles. The first-order valence-corrected chi connectivity index (χ1v) is 5.73. The van der Waals surface area contributed by atoms with Crippen molar-refractivity contribution in [1.29, 1.82) is 0 Å². The number of hydrogen-bond acceptors (Lipinski definition) is 2. The molecule has 0 bridgehead atoms. The molecule has 0 fully saturated rings. The number of halogens is 1. The van der Waals surface area contributed by atoms with Gasteiger partial charge in [0.05, 0.1) is 0 Å². The molecule has 3 heteroatoms. The summed E-state index contributed by atoms with van der Waals surface area (Å²) in [5.74, 6) is -0.231. The summed E-state index contributed by atoms with van der Waals surface area (Å²) >= 11 is 0. The topological polar surface area (TPSA) is 32.3 Å². The van der Waals surface area contributed by atoms with Crippen LogP contribution in [-0.4, -0.2) is 18.2 Å². The summed E-state index contributed by atoms with van der Waals surface area (Å²) in [4.78, 5) is 0. The average molecular weight is 225 g/mol. The molecular weight excluding hydrogens is 205 g/mol. The molecule has 1 atom stereocenters.